The molecular weight excluding hydrogens is 246 g/mol. The van der Waals surface area contributed by atoms with Crippen molar-refractivity contribution in [1.29, 1.82) is 0 Å². The average Bonchev–Trinajstić information content (AvgIpc) is 2.71. The van der Waals surface area contributed by atoms with E-state index in [2.05, 4.69) is 23.5 Å². The molecule has 1 atom stereocenters. The fourth-order valence-electron chi connectivity index (χ4n) is 2.57. The van der Waals surface area contributed by atoms with Crippen LogP contribution in [-0.2, 0) is 24.1 Å². The van der Waals surface area contributed by atoms with Crippen LogP contribution >= 0.6 is 11.6 Å². The van der Waals surface area contributed by atoms with Gasteiger partial charge in [-0.2, -0.15) is 0 Å². The van der Waals surface area contributed by atoms with Crippen LogP contribution in [-0.4, -0.2) is 17.8 Å². The second-order valence-corrected chi connectivity index (χ2v) is 5.34. The van der Waals surface area contributed by atoms with Gasteiger partial charge in [0.2, 0.25) is 5.91 Å². The monoisotopic (exact) mass is 265 g/mol. The molecule has 1 aromatic carbocycles. The van der Waals surface area contributed by atoms with Crippen LogP contribution in [0.1, 0.15) is 36.5 Å². The van der Waals surface area contributed by atoms with E-state index in [-0.39, 0.29) is 11.9 Å². The molecule has 0 bridgehead atoms. The summed E-state index contributed by atoms with van der Waals surface area (Å²) in [5.41, 5.74) is 4.04. The first kappa shape index (κ1) is 13.4. The number of nitrogens with one attached hydrogen (secondary N) is 1. The van der Waals surface area contributed by atoms with Crippen LogP contribution in [0.25, 0.3) is 0 Å². The van der Waals surface area contributed by atoms with Crippen molar-refractivity contribution in [2.24, 2.45) is 0 Å². The van der Waals surface area contributed by atoms with Crippen LogP contribution in [0.3, 0.4) is 0 Å². The number of benzene rings is 1. The molecule has 1 amide bonds. The van der Waals surface area contributed by atoms with Crippen LogP contribution in [0.5, 0.6) is 0 Å². The molecule has 0 saturated heterocycles. The minimum absolute atomic E-state index is 0.177. The standard InChI is InChI=1S/C15H20ClNO/c1-2-3-15(18)17-14-9-12-5-4-11(6-7-16)8-13(12)10-14/h4-5,8,14H,2-3,6-7,9-10H2,1H3,(H,17,18)/t14-/m1/s1. The Bertz CT molecular complexity index is 431. The van der Waals surface area contributed by atoms with Crippen molar-refractivity contribution in [3.8, 4) is 0 Å². The second kappa shape index (κ2) is 6.24. The zero-order chi connectivity index (χ0) is 13.0. The number of fused-ring (bicyclic) bond motifs is 1. The molecule has 0 aromatic heterocycles. The largest absolute Gasteiger partial charge is 0.353 e. The molecule has 1 aliphatic rings. The highest BCUT2D eigenvalue weighted by atomic mass is 35.5. The number of halogens is 1. The summed E-state index contributed by atoms with van der Waals surface area (Å²) in [4.78, 5) is 11.6. The number of hydrogen-bond donors (Lipinski definition) is 1. The van der Waals surface area contributed by atoms with E-state index in [1.807, 2.05) is 6.92 Å². The number of rotatable bonds is 5. The van der Waals surface area contributed by atoms with Gasteiger partial charge in [-0.25, -0.2) is 0 Å². The van der Waals surface area contributed by atoms with E-state index in [4.69, 9.17) is 11.6 Å². The van der Waals surface area contributed by atoms with E-state index in [1.54, 1.807) is 0 Å². The van der Waals surface area contributed by atoms with Crippen molar-refractivity contribution in [2.75, 3.05) is 5.88 Å². The molecule has 98 valence electrons. The van der Waals surface area contributed by atoms with Crippen molar-refractivity contribution >= 4 is 17.5 Å². The van der Waals surface area contributed by atoms with Crippen molar-refractivity contribution in [3.63, 3.8) is 0 Å². The minimum Gasteiger partial charge on any atom is -0.353 e. The summed E-state index contributed by atoms with van der Waals surface area (Å²) in [5, 5.41) is 3.11. The summed E-state index contributed by atoms with van der Waals surface area (Å²) in [6.45, 7) is 2.03. The Morgan fingerprint density at radius 3 is 2.89 bits per heavy atom. The fourth-order valence-corrected chi connectivity index (χ4v) is 2.78. The summed E-state index contributed by atoms with van der Waals surface area (Å²) >= 11 is 5.76. The Morgan fingerprint density at radius 1 is 1.39 bits per heavy atom. The third-order valence-corrected chi connectivity index (χ3v) is 3.62. The first-order valence-corrected chi connectivity index (χ1v) is 7.22. The molecule has 2 nitrogen and oxygen atoms in total. The quantitative estimate of drug-likeness (QED) is 0.815. The summed E-state index contributed by atoms with van der Waals surface area (Å²) in [5.74, 6) is 0.839. The van der Waals surface area contributed by atoms with Crippen LogP contribution in [0.2, 0.25) is 0 Å². The van der Waals surface area contributed by atoms with E-state index >= 15 is 0 Å². The van der Waals surface area contributed by atoms with Gasteiger partial charge >= 0.3 is 0 Å². The fraction of sp³-hybridized carbons (Fsp3) is 0.533. The third kappa shape index (κ3) is 3.26. The highest BCUT2D eigenvalue weighted by Gasteiger charge is 2.22. The highest BCUT2D eigenvalue weighted by Crippen LogP contribution is 2.24. The summed E-state index contributed by atoms with van der Waals surface area (Å²) in [6.07, 6.45) is 4.38. The van der Waals surface area contributed by atoms with Gasteiger partial charge in [0.1, 0.15) is 0 Å². The third-order valence-electron chi connectivity index (χ3n) is 3.43. The van der Waals surface area contributed by atoms with Crippen LogP contribution < -0.4 is 5.32 Å². The molecule has 0 fully saturated rings. The smallest absolute Gasteiger partial charge is 0.220 e. The van der Waals surface area contributed by atoms with Gasteiger partial charge in [-0.3, -0.25) is 4.79 Å². The molecule has 2 rings (SSSR count). The maximum Gasteiger partial charge on any atom is 0.220 e. The summed E-state index contributed by atoms with van der Waals surface area (Å²) < 4.78 is 0. The molecular formula is C15H20ClNO. The zero-order valence-corrected chi connectivity index (χ0v) is 11.6. The van der Waals surface area contributed by atoms with Gasteiger partial charge in [-0.15, -0.1) is 11.6 Å². The van der Waals surface area contributed by atoms with Gasteiger partial charge in [0, 0.05) is 18.3 Å². The minimum atomic E-state index is 0.177. The highest BCUT2D eigenvalue weighted by molar-refractivity contribution is 6.17. The molecule has 1 N–H and O–H groups in total. The molecule has 18 heavy (non-hydrogen) atoms. The van der Waals surface area contributed by atoms with Crippen molar-refractivity contribution in [3.05, 3.63) is 34.9 Å². The predicted octanol–water partition coefficient (Wildman–Crippen LogP) is 2.85. The van der Waals surface area contributed by atoms with Crippen molar-refractivity contribution in [2.45, 2.75) is 45.1 Å². The Morgan fingerprint density at radius 2 is 2.17 bits per heavy atom. The number of hydrogen-bond acceptors (Lipinski definition) is 1. The Hall–Kier alpha value is -1.02. The normalized spacial score (nSPS) is 17.6. The van der Waals surface area contributed by atoms with Gasteiger partial charge in [0.25, 0.3) is 0 Å². The van der Waals surface area contributed by atoms with E-state index < -0.39 is 0 Å². The lowest BCUT2D eigenvalue weighted by molar-refractivity contribution is -0.121. The van der Waals surface area contributed by atoms with Crippen LogP contribution in [0.4, 0.5) is 0 Å². The maximum atomic E-state index is 11.6. The predicted molar refractivity (Wildman–Crippen MR) is 75.1 cm³/mol. The maximum absolute atomic E-state index is 11.6. The Labute approximate surface area is 114 Å². The molecule has 0 heterocycles. The van der Waals surface area contributed by atoms with Gasteiger partial charge in [-0.05, 0) is 42.4 Å². The second-order valence-electron chi connectivity index (χ2n) is 4.96. The summed E-state index contributed by atoms with van der Waals surface area (Å²) in [7, 11) is 0. The topological polar surface area (TPSA) is 29.1 Å². The summed E-state index contributed by atoms with van der Waals surface area (Å²) in [6, 6.07) is 6.86. The van der Waals surface area contributed by atoms with Crippen molar-refractivity contribution < 1.29 is 4.79 Å². The lowest BCUT2D eigenvalue weighted by Crippen LogP contribution is -2.34. The van der Waals surface area contributed by atoms with E-state index in [0.717, 1.165) is 25.7 Å². The first-order valence-electron chi connectivity index (χ1n) is 6.69. The number of carbonyl (C=O) groups excluding carboxylic acids is 1. The van der Waals surface area contributed by atoms with Crippen LogP contribution in [0.15, 0.2) is 18.2 Å². The molecule has 1 aliphatic carbocycles. The number of carbonyl (C=O) groups is 1. The molecule has 0 radical (unpaired) electrons. The Balaban J connectivity index is 1.97. The van der Waals surface area contributed by atoms with E-state index in [0.29, 0.717) is 12.3 Å². The van der Waals surface area contributed by atoms with Gasteiger partial charge < -0.3 is 5.32 Å². The van der Waals surface area contributed by atoms with Crippen molar-refractivity contribution in [1.82, 2.24) is 5.32 Å². The van der Waals surface area contributed by atoms with Crippen LogP contribution in [0, 0.1) is 0 Å². The average molecular weight is 266 g/mol. The first-order chi connectivity index (χ1) is 8.72. The lowest BCUT2D eigenvalue weighted by atomic mass is 10.1. The van der Waals surface area contributed by atoms with E-state index in [1.165, 1.54) is 16.7 Å². The lowest BCUT2D eigenvalue weighted by Gasteiger charge is -2.11. The molecule has 1 aromatic rings. The molecule has 3 heteroatoms. The van der Waals surface area contributed by atoms with Gasteiger partial charge in [-0.1, -0.05) is 25.1 Å². The van der Waals surface area contributed by atoms with E-state index in [9.17, 15) is 4.79 Å². The molecule has 0 aliphatic heterocycles. The molecule has 0 spiro atoms. The number of aryl methyl sites for hydroxylation is 1. The van der Waals surface area contributed by atoms with Gasteiger partial charge in [0.15, 0.2) is 0 Å². The molecule has 0 unspecified atom stereocenters. The van der Waals surface area contributed by atoms with Gasteiger partial charge in [0.05, 0.1) is 0 Å². The number of amides is 1. The number of alkyl halides is 1. The zero-order valence-electron chi connectivity index (χ0n) is 10.8. The molecule has 0 saturated carbocycles. The SMILES string of the molecule is CCCC(=O)N[C@@H]1Cc2ccc(CCCl)cc2C1. The Kier molecular flexibility index (Phi) is 4.65.